The van der Waals surface area contributed by atoms with E-state index in [1.807, 2.05) is 18.6 Å². The summed E-state index contributed by atoms with van der Waals surface area (Å²) < 4.78 is 2.14. The topological polar surface area (TPSA) is 42.2 Å². The lowest BCUT2D eigenvalue weighted by molar-refractivity contribution is 0.617. The molecule has 1 unspecified atom stereocenters. The van der Waals surface area contributed by atoms with Crippen molar-refractivity contribution in [3.63, 3.8) is 0 Å². The summed E-state index contributed by atoms with van der Waals surface area (Å²) in [6.45, 7) is 3.19. The van der Waals surface area contributed by atoms with Crippen LogP contribution in [-0.2, 0) is 0 Å². The second-order valence-corrected chi connectivity index (χ2v) is 4.04. The van der Waals surface area contributed by atoms with Gasteiger partial charge in [0.05, 0.1) is 17.6 Å². The Balaban J connectivity index is 2.19. The molecular weight excluding hydrogens is 188 g/mol. The monoisotopic (exact) mass is 202 g/mol. The fourth-order valence-corrected chi connectivity index (χ4v) is 2.38. The molecule has 2 aromatic rings. The summed E-state index contributed by atoms with van der Waals surface area (Å²) in [5.41, 5.74) is 3.35. The smallest absolute Gasteiger partial charge is 0.155 e. The summed E-state index contributed by atoms with van der Waals surface area (Å²) in [5.74, 6) is 0. The summed E-state index contributed by atoms with van der Waals surface area (Å²) in [6.07, 6.45) is 8.07. The molecule has 1 fully saturated rings. The lowest BCUT2D eigenvalue weighted by Crippen LogP contribution is -2.15. The van der Waals surface area contributed by atoms with Crippen LogP contribution in [0, 0.1) is 6.92 Å². The molecule has 0 amide bonds. The highest BCUT2D eigenvalue weighted by molar-refractivity contribution is 5.41. The largest absolute Gasteiger partial charge is 0.309 e. The van der Waals surface area contributed by atoms with Crippen molar-refractivity contribution in [2.45, 2.75) is 25.8 Å². The maximum absolute atomic E-state index is 4.52. The van der Waals surface area contributed by atoms with E-state index in [0.717, 1.165) is 17.9 Å². The number of hydrogen-bond acceptors (Lipinski definition) is 3. The average molecular weight is 202 g/mol. The molecule has 3 rings (SSSR count). The number of imidazole rings is 1. The van der Waals surface area contributed by atoms with E-state index in [2.05, 4.69) is 26.6 Å². The van der Waals surface area contributed by atoms with Gasteiger partial charge in [-0.05, 0) is 26.3 Å². The Morgan fingerprint density at radius 3 is 3.27 bits per heavy atom. The number of hydrogen-bond donors (Lipinski definition) is 1. The quantitative estimate of drug-likeness (QED) is 0.761. The highest BCUT2D eigenvalue weighted by Crippen LogP contribution is 2.26. The van der Waals surface area contributed by atoms with E-state index in [9.17, 15) is 0 Å². The Bertz CT molecular complexity index is 482. The zero-order valence-corrected chi connectivity index (χ0v) is 8.77. The van der Waals surface area contributed by atoms with Crippen LogP contribution in [0.2, 0.25) is 0 Å². The van der Waals surface area contributed by atoms with Gasteiger partial charge >= 0.3 is 0 Å². The lowest BCUT2D eigenvalue weighted by Gasteiger charge is -2.10. The molecule has 0 aromatic carbocycles. The summed E-state index contributed by atoms with van der Waals surface area (Å²) in [4.78, 5) is 8.61. The molecule has 1 aliphatic rings. The summed E-state index contributed by atoms with van der Waals surface area (Å²) in [6, 6.07) is 0.461. The maximum atomic E-state index is 4.52. The first-order chi connectivity index (χ1) is 7.36. The molecule has 0 bridgehead atoms. The molecule has 4 nitrogen and oxygen atoms in total. The predicted molar refractivity (Wildman–Crippen MR) is 57.7 cm³/mol. The van der Waals surface area contributed by atoms with Crippen LogP contribution in [0.4, 0.5) is 0 Å². The van der Waals surface area contributed by atoms with Crippen LogP contribution >= 0.6 is 0 Å². The van der Waals surface area contributed by atoms with Crippen molar-refractivity contribution >= 4 is 5.65 Å². The van der Waals surface area contributed by atoms with E-state index in [-0.39, 0.29) is 0 Å². The van der Waals surface area contributed by atoms with Crippen molar-refractivity contribution in [1.82, 2.24) is 19.7 Å². The Hall–Kier alpha value is -1.42. The number of rotatable bonds is 1. The fraction of sp³-hybridized carbons (Fsp3) is 0.455. The van der Waals surface area contributed by atoms with Gasteiger partial charge in [0.25, 0.3) is 0 Å². The third kappa shape index (κ3) is 1.33. The van der Waals surface area contributed by atoms with Crippen molar-refractivity contribution < 1.29 is 0 Å². The van der Waals surface area contributed by atoms with Gasteiger partial charge in [-0.2, -0.15) is 0 Å². The molecule has 0 saturated carbocycles. The summed E-state index contributed by atoms with van der Waals surface area (Å²) in [5, 5.41) is 3.51. The number of aromatic nitrogens is 3. The first-order valence-corrected chi connectivity index (χ1v) is 5.38. The van der Waals surface area contributed by atoms with Gasteiger partial charge in [-0.25, -0.2) is 4.98 Å². The van der Waals surface area contributed by atoms with Gasteiger partial charge in [0.2, 0.25) is 0 Å². The van der Waals surface area contributed by atoms with Crippen molar-refractivity contribution in [1.29, 1.82) is 0 Å². The van der Waals surface area contributed by atoms with Crippen LogP contribution in [-0.4, -0.2) is 20.9 Å². The summed E-state index contributed by atoms with van der Waals surface area (Å²) >= 11 is 0. The average Bonchev–Trinajstić information content (AvgIpc) is 2.82. The maximum Gasteiger partial charge on any atom is 0.155 e. The third-order valence-corrected chi connectivity index (χ3v) is 3.04. The second-order valence-electron chi connectivity index (χ2n) is 4.04. The van der Waals surface area contributed by atoms with Crippen LogP contribution in [0.15, 0.2) is 18.6 Å². The zero-order valence-electron chi connectivity index (χ0n) is 8.77. The van der Waals surface area contributed by atoms with Crippen LogP contribution < -0.4 is 5.32 Å². The molecule has 3 heterocycles. The third-order valence-electron chi connectivity index (χ3n) is 3.04. The van der Waals surface area contributed by atoms with E-state index < -0.39 is 0 Å². The molecule has 0 spiro atoms. The van der Waals surface area contributed by atoms with Gasteiger partial charge < -0.3 is 5.32 Å². The van der Waals surface area contributed by atoms with Crippen molar-refractivity contribution in [3.8, 4) is 0 Å². The zero-order chi connectivity index (χ0) is 10.3. The van der Waals surface area contributed by atoms with Crippen LogP contribution in [0.5, 0.6) is 0 Å². The van der Waals surface area contributed by atoms with Gasteiger partial charge in [-0.1, -0.05) is 0 Å². The number of fused-ring (bicyclic) bond motifs is 1. The van der Waals surface area contributed by atoms with Gasteiger partial charge in [0.15, 0.2) is 5.65 Å². The minimum absolute atomic E-state index is 0.461. The minimum atomic E-state index is 0.461. The van der Waals surface area contributed by atoms with Crippen LogP contribution in [0.1, 0.15) is 30.3 Å². The van der Waals surface area contributed by atoms with E-state index in [4.69, 9.17) is 0 Å². The molecule has 1 saturated heterocycles. The van der Waals surface area contributed by atoms with E-state index in [0.29, 0.717) is 6.04 Å². The standard InChI is InChI=1S/C11H14N4/c1-8-11(9-3-2-4-13-9)15-6-5-12-7-10(15)14-8/h5-7,9,13H,2-4H2,1H3. The normalized spacial score (nSPS) is 21.3. The van der Waals surface area contributed by atoms with Gasteiger partial charge in [-0.15, -0.1) is 0 Å². The van der Waals surface area contributed by atoms with E-state index >= 15 is 0 Å². The number of nitrogens with one attached hydrogen (secondary N) is 1. The highest BCUT2D eigenvalue weighted by atomic mass is 15.1. The molecule has 1 N–H and O–H groups in total. The first-order valence-electron chi connectivity index (χ1n) is 5.38. The Labute approximate surface area is 88.4 Å². The Kier molecular flexibility index (Phi) is 1.95. The van der Waals surface area contributed by atoms with Crippen molar-refractivity contribution in [3.05, 3.63) is 30.0 Å². The SMILES string of the molecule is Cc1nc2cnccn2c1C1CCCN1. The van der Waals surface area contributed by atoms with Crippen LogP contribution in [0.3, 0.4) is 0 Å². The Morgan fingerprint density at radius 2 is 2.47 bits per heavy atom. The van der Waals surface area contributed by atoms with E-state index in [1.165, 1.54) is 18.5 Å². The lowest BCUT2D eigenvalue weighted by atomic mass is 10.1. The molecular formula is C11H14N4. The van der Waals surface area contributed by atoms with Crippen LogP contribution in [0.25, 0.3) is 5.65 Å². The molecule has 0 aliphatic carbocycles. The first kappa shape index (κ1) is 8.85. The van der Waals surface area contributed by atoms with Gasteiger partial charge in [0.1, 0.15) is 0 Å². The number of nitrogens with zero attached hydrogens (tertiary/aromatic N) is 3. The molecule has 2 aromatic heterocycles. The molecule has 4 heteroatoms. The molecule has 78 valence electrons. The van der Waals surface area contributed by atoms with Crippen molar-refractivity contribution in [2.24, 2.45) is 0 Å². The summed E-state index contributed by atoms with van der Waals surface area (Å²) in [7, 11) is 0. The van der Waals surface area contributed by atoms with E-state index in [1.54, 1.807) is 0 Å². The molecule has 0 radical (unpaired) electrons. The van der Waals surface area contributed by atoms with Gasteiger partial charge in [-0.3, -0.25) is 9.38 Å². The molecule has 1 atom stereocenters. The fourth-order valence-electron chi connectivity index (χ4n) is 2.38. The number of aryl methyl sites for hydroxylation is 1. The molecule has 15 heavy (non-hydrogen) atoms. The predicted octanol–water partition coefficient (Wildman–Crippen LogP) is 1.46. The van der Waals surface area contributed by atoms with Gasteiger partial charge in [0, 0.05) is 18.4 Å². The highest BCUT2D eigenvalue weighted by Gasteiger charge is 2.22. The molecule has 1 aliphatic heterocycles. The second kappa shape index (κ2) is 3.31. The Morgan fingerprint density at radius 1 is 1.53 bits per heavy atom. The van der Waals surface area contributed by atoms with Crippen molar-refractivity contribution in [2.75, 3.05) is 6.54 Å². The minimum Gasteiger partial charge on any atom is -0.309 e.